The van der Waals surface area contributed by atoms with Crippen molar-refractivity contribution >= 4 is 28.3 Å². The minimum Gasteiger partial charge on any atom is -0.273 e. The number of benzene rings is 2. The summed E-state index contributed by atoms with van der Waals surface area (Å²) in [4.78, 5) is 4.69. The van der Waals surface area contributed by atoms with Crippen molar-refractivity contribution in [3.8, 4) is 0 Å². The van der Waals surface area contributed by atoms with Crippen LogP contribution in [0.1, 0.15) is 5.69 Å². The molecule has 2 aromatic heterocycles. The van der Waals surface area contributed by atoms with Crippen LogP contribution in [0.5, 0.6) is 0 Å². The van der Waals surface area contributed by atoms with E-state index in [0.29, 0.717) is 0 Å². The molecule has 0 atom stereocenters. The number of hydrogen-bond acceptors (Lipinski definition) is 3. The molecule has 2 heterocycles. The maximum atomic E-state index is 4.69. The molecule has 0 radical (unpaired) electrons. The van der Waals surface area contributed by atoms with Gasteiger partial charge in [-0.3, -0.25) is 5.32 Å². The van der Waals surface area contributed by atoms with E-state index in [0.717, 1.165) is 34.0 Å². The van der Waals surface area contributed by atoms with Gasteiger partial charge in [0.2, 0.25) is 0 Å². The van der Waals surface area contributed by atoms with E-state index in [9.17, 15) is 0 Å². The standard InChI is InChI=1S/C17H16N5/c1-12-14-10-6-7-11-15(14)22-16(20-21(2)17(22)18-12)19-13-8-4-3-5-9-13/h3-11H,1-2H3,(H,19,20)/q+1. The van der Waals surface area contributed by atoms with Crippen molar-refractivity contribution in [2.45, 2.75) is 6.92 Å². The molecule has 1 N–H and O–H groups in total. The molecule has 0 aliphatic carbocycles. The number of nitrogens with zero attached hydrogens (tertiary/aromatic N) is 4. The minimum atomic E-state index is 0.757. The van der Waals surface area contributed by atoms with E-state index in [-0.39, 0.29) is 0 Å². The first kappa shape index (κ1) is 12.8. The van der Waals surface area contributed by atoms with Crippen LogP contribution in [0.4, 0.5) is 11.6 Å². The van der Waals surface area contributed by atoms with Gasteiger partial charge >= 0.3 is 11.7 Å². The van der Waals surface area contributed by atoms with Gasteiger partial charge in [-0.15, -0.1) is 9.67 Å². The Morgan fingerprint density at radius 2 is 1.73 bits per heavy atom. The van der Waals surface area contributed by atoms with Crippen LogP contribution in [0.3, 0.4) is 0 Å². The first-order valence-electron chi connectivity index (χ1n) is 7.20. The van der Waals surface area contributed by atoms with Crippen molar-refractivity contribution in [3.05, 3.63) is 60.3 Å². The molecule has 5 nitrogen and oxygen atoms in total. The Bertz CT molecular complexity index is 973. The highest BCUT2D eigenvalue weighted by Crippen LogP contribution is 2.17. The Hall–Kier alpha value is -2.95. The third kappa shape index (κ3) is 1.90. The zero-order chi connectivity index (χ0) is 15.1. The summed E-state index contributed by atoms with van der Waals surface area (Å²) < 4.78 is 3.85. The topological polar surface area (TPSA) is 46.8 Å². The molecular formula is C17H16N5+. The van der Waals surface area contributed by atoms with Gasteiger partial charge in [0.05, 0.1) is 23.9 Å². The zero-order valence-electron chi connectivity index (χ0n) is 12.5. The van der Waals surface area contributed by atoms with Crippen LogP contribution < -0.4 is 9.72 Å². The van der Waals surface area contributed by atoms with Crippen LogP contribution >= 0.6 is 0 Å². The Labute approximate surface area is 127 Å². The van der Waals surface area contributed by atoms with E-state index in [2.05, 4.69) is 31.9 Å². The average molecular weight is 290 g/mol. The fraction of sp³-hybridized carbons (Fsp3) is 0.118. The highest BCUT2D eigenvalue weighted by atomic mass is 15.4. The summed E-state index contributed by atoms with van der Waals surface area (Å²) in [7, 11) is 1.91. The Balaban J connectivity index is 2.01. The number of aryl methyl sites for hydroxylation is 2. The summed E-state index contributed by atoms with van der Waals surface area (Å²) in [5.74, 6) is 1.57. The predicted octanol–water partition coefficient (Wildman–Crippen LogP) is 2.76. The van der Waals surface area contributed by atoms with E-state index < -0.39 is 0 Å². The third-order valence-electron chi connectivity index (χ3n) is 3.78. The molecule has 0 saturated carbocycles. The van der Waals surface area contributed by atoms with Crippen LogP contribution in [-0.4, -0.2) is 14.8 Å². The second-order valence-corrected chi connectivity index (χ2v) is 5.29. The largest absolute Gasteiger partial charge is 0.358 e. The van der Waals surface area contributed by atoms with Crippen molar-refractivity contribution in [2.24, 2.45) is 7.05 Å². The van der Waals surface area contributed by atoms with Gasteiger partial charge in [0.15, 0.2) is 0 Å². The molecule has 0 spiro atoms. The van der Waals surface area contributed by atoms with Crippen molar-refractivity contribution in [2.75, 3.05) is 5.32 Å². The predicted molar refractivity (Wildman–Crippen MR) is 86.1 cm³/mol. The second-order valence-electron chi connectivity index (χ2n) is 5.29. The summed E-state index contributed by atoms with van der Waals surface area (Å²) in [5, 5.41) is 9.08. The SMILES string of the molecule is Cc1nc2n(C)nc(Nc3ccccc3)[n+]2c2ccccc12. The third-order valence-corrected chi connectivity index (χ3v) is 3.78. The van der Waals surface area contributed by atoms with Gasteiger partial charge < -0.3 is 0 Å². The van der Waals surface area contributed by atoms with Gasteiger partial charge in [0.1, 0.15) is 0 Å². The van der Waals surface area contributed by atoms with E-state index in [4.69, 9.17) is 0 Å². The maximum absolute atomic E-state index is 4.69. The first-order valence-corrected chi connectivity index (χ1v) is 7.20. The molecule has 0 unspecified atom stereocenters. The molecule has 22 heavy (non-hydrogen) atoms. The van der Waals surface area contributed by atoms with Gasteiger partial charge in [-0.05, 0) is 36.3 Å². The van der Waals surface area contributed by atoms with E-state index in [1.54, 1.807) is 4.68 Å². The van der Waals surface area contributed by atoms with Gasteiger partial charge in [-0.2, -0.15) is 4.40 Å². The molecule has 0 saturated heterocycles. The minimum absolute atomic E-state index is 0.757. The highest BCUT2D eigenvalue weighted by Gasteiger charge is 2.21. The number of hydrogen-bond donors (Lipinski definition) is 1. The molecule has 4 aromatic rings. The Kier molecular flexibility index (Phi) is 2.79. The van der Waals surface area contributed by atoms with E-state index in [1.807, 2.05) is 56.4 Å². The lowest BCUT2D eigenvalue weighted by Crippen LogP contribution is -2.26. The van der Waals surface area contributed by atoms with Crippen LogP contribution in [-0.2, 0) is 7.05 Å². The fourth-order valence-corrected chi connectivity index (χ4v) is 2.73. The Morgan fingerprint density at radius 3 is 2.55 bits per heavy atom. The first-order chi connectivity index (χ1) is 10.7. The lowest BCUT2D eigenvalue weighted by molar-refractivity contribution is -0.468. The van der Waals surface area contributed by atoms with E-state index in [1.165, 1.54) is 0 Å². The number of anilines is 2. The maximum Gasteiger partial charge on any atom is 0.358 e. The fourth-order valence-electron chi connectivity index (χ4n) is 2.73. The number of aromatic nitrogens is 4. The van der Waals surface area contributed by atoms with Crippen LogP contribution in [0, 0.1) is 6.92 Å². The monoisotopic (exact) mass is 290 g/mol. The summed E-state index contributed by atoms with van der Waals surface area (Å²) in [6.07, 6.45) is 0. The van der Waals surface area contributed by atoms with Gasteiger partial charge in [0.25, 0.3) is 0 Å². The van der Waals surface area contributed by atoms with Crippen LogP contribution in [0.2, 0.25) is 0 Å². The lowest BCUT2D eigenvalue weighted by atomic mass is 10.2. The van der Waals surface area contributed by atoms with Crippen molar-refractivity contribution < 1.29 is 4.40 Å². The lowest BCUT2D eigenvalue weighted by Gasteiger charge is -2.03. The second kappa shape index (κ2) is 4.80. The van der Waals surface area contributed by atoms with Gasteiger partial charge in [0, 0.05) is 5.39 Å². The number of rotatable bonds is 2. The van der Waals surface area contributed by atoms with E-state index >= 15 is 0 Å². The number of nitrogens with one attached hydrogen (secondary N) is 1. The summed E-state index contributed by atoms with van der Waals surface area (Å²) >= 11 is 0. The molecular weight excluding hydrogens is 274 g/mol. The summed E-state index contributed by atoms with van der Waals surface area (Å²) in [6, 6.07) is 18.3. The molecule has 5 heteroatoms. The van der Waals surface area contributed by atoms with Crippen LogP contribution in [0.25, 0.3) is 16.7 Å². The highest BCUT2D eigenvalue weighted by molar-refractivity contribution is 5.79. The van der Waals surface area contributed by atoms with Gasteiger partial charge in [-0.1, -0.05) is 30.3 Å². The van der Waals surface area contributed by atoms with Crippen molar-refractivity contribution in [1.29, 1.82) is 0 Å². The number of para-hydroxylation sites is 2. The quantitative estimate of drug-likeness (QED) is 0.577. The average Bonchev–Trinajstić information content (AvgIpc) is 2.85. The van der Waals surface area contributed by atoms with Crippen molar-refractivity contribution in [3.63, 3.8) is 0 Å². The van der Waals surface area contributed by atoms with Crippen LogP contribution in [0.15, 0.2) is 54.6 Å². The summed E-state index contributed by atoms with van der Waals surface area (Å²) in [6.45, 7) is 2.03. The smallest absolute Gasteiger partial charge is 0.273 e. The zero-order valence-corrected chi connectivity index (χ0v) is 12.5. The normalized spacial score (nSPS) is 11.2. The Morgan fingerprint density at radius 1 is 1.00 bits per heavy atom. The molecule has 0 aliphatic heterocycles. The molecule has 0 fully saturated rings. The summed E-state index contributed by atoms with van der Waals surface area (Å²) in [5.41, 5.74) is 3.10. The molecule has 0 aliphatic rings. The van der Waals surface area contributed by atoms with Crippen molar-refractivity contribution in [1.82, 2.24) is 14.8 Å². The molecule has 2 aromatic carbocycles. The number of fused-ring (bicyclic) bond motifs is 3. The molecule has 0 bridgehead atoms. The molecule has 0 amide bonds. The molecule has 108 valence electrons. The molecule has 4 rings (SSSR count). The van der Waals surface area contributed by atoms with Gasteiger partial charge in [-0.25, -0.2) is 0 Å².